The van der Waals surface area contributed by atoms with Gasteiger partial charge in [-0.1, -0.05) is 17.8 Å². The summed E-state index contributed by atoms with van der Waals surface area (Å²) < 4.78 is 30.2. The van der Waals surface area contributed by atoms with E-state index in [9.17, 15) is 8.78 Å². The summed E-state index contributed by atoms with van der Waals surface area (Å²) in [6.45, 7) is 5.49. The smallest absolute Gasteiger partial charge is 0.289 e. The molecule has 2 rings (SSSR count). The Morgan fingerprint density at radius 3 is 2.62 bits per heavy atom. The number of benzene rings is 1. The van der Waals surface area contributed by atoms with Crippen LogP contribution in [0.4, 0.5) is 14.6 Å². The second-order valence-corrected chi connectivity index (χ2v) is 6.03. The van der Waals surface area contributed by atoms with Crippen LogP contribution < -0.4 is 10.2 Å². The minimum Gasteiger partial charge on any atom is -0.496 e. The SMILES string of the molecule is COc1cc(/C(C)=N/Nc2cc(C)nc(C)n2)ccc1SC(F)F. The maximum Gasteiger partial charge on any atom is 0.289 e. The summed E-state index contributed by atoms with van der Waals surface area (Å²) in [5.41, 5.74) is 5.16. The highest BCUT2D eigenvalue weighted by molar-refractivity contribution is 7.99. The molecule has 1 N–H and O–H groups in total. The van der Waals surface area contributed by atoms with E-state index in [0.29, 0.717) is 39.8 Å². The van der Waals surface area contributed by atoms with Gasteiger partial charge in [0.05, 0.1) is 17.7 Å². The molecule has 8 heteroatoms. The van der Waals surface area contributed by atoms with Gasteiger partial charge in [0, 0.05) is 17.3 Å². The molecular formula is C16H18F2N4OS. The van der Waals surface area contributed by atoms with Crippen LogP contribution in [0.15, 0.2) is 34.3 Å². The van der Waals surface area contributed by atoms with E-state index in [4.69, 9.17) is 4.74 Å². The van der Waals surface area contributed by atoms with Crippen LogP contribution in [-0.2, 0) is 0 Å². The molecule has 0 bridgehead atoms. The molecule has 5 nitrogen and oxygen atoms in total. The molecule has 0 aliphatic carbocycles. The summed E-state index contributed by atoms with van der Waals surface area (Å²) in [6.07, 6.45) is 0. The number of hydrogen-bond acceptors (Lipinski definition) is 6. The molecule has 1 aromatic heterocycles. The number of nitrogens with one attached hydrogen (secondary N) is 1. The van der Waals surface area contributed by atoms with Crippen LogP contribution in [0.5, 0.6) is 5.75 Å². The van der Waals surface area contributed by atoms with E-state index in [1.54, 1.807) is 31.2 Å². The van der Waals surface area contributed by atoms with E-state index < -0.39 is 5.76 Å². The molecule has 2 aromatic rings. The van der Waals surface area contributed by atoms with Gasteiger partial charge in [-0.2, -0.15) is 13.9 Å². The normalized spacial score (nSPS) is 11.7. The molecule has 24 heavy (non-hydrogen) atoms. The summed E-state index contributed by atoms with van der Waals surface area (Å²) in [7, 11) is 1.45. The first-order valence-electron chi connectivity index (χ1n) is 7.15. The second kappa shape index (κ2) is 8.05. The first kappa shape index (κ1) is 18.1. The molecular weight excluding hydrogens is 334 g/mol. The maximum atomic E-state index is 12.5. The molecule has 0 amide bonds. The van der Waals surface area contributed by atoms with Crippen LogP contribution in [0.2, 0.25) is 0 Å². The van der Waals surface area contributed by atoms with Gasteiger partial charge in [0.15, 0.2) is 0 Å². The van der Waals surface area contributed by atoms with E-state index in [1.807, 2.05) is 13.8 Å². The van der Waals surface area contributed by atoms with Crippen LogP contribution >= 0.6 is 11.8 Å². The van der Waals surface area contributed by atoms with Gasteiger partial charge in [0.1, 0.15) is 17.4 Å². The first-order valence-corrected chi connectivity index (χ1v) is 8.03. The van der Waals surface area contributed by atoms with Gasteiger partial charge in [-0.05, 0) is 32.9 Å². The number of anilines is 1. The monoisotopic (exact) mass is 352 g/mol. The number of thioether (sulfide) groups is 1. The minimum absolute atomic E-state index is 0.388. The fourth-order valence-corrected chi connectivity index (χ4v) is 2.66. The highest BCUT2D eigenvalue weighted by Crippen LogP contribution is 2.34. The lowest BCUT2D eigenvalue weighted by Crippen LogP contribution is -2.03. The van der Waals surface area contributed by atoms with Crippen molar-refractivity contribution in [3.05, 3.63) is 41.3 Å². The van der Waals surface area contributed by atoms with Gasteiger partial charge >= 0.3 is 0 Å². The summed E-state index contributed by atoms with van der Waals surface area (Å²) >= 11 is 0.453. The molecule has 1 heterocycles. The van der Waals surface area contributed by atoms with E-state index in [0.717, 1.165) is 11.3 Å². The third kappa shape index (κ3) is 4.89. The number of hydrogen-bond donors (Lipinski definition) is 1. The number of methoxy groups -OCH3 is 1. The fraction of sp³-hybridized carbons (Fsp3) is 0.312. The lowest BCUT2D eigenvalue weighted by Gasteiger charge is -2.10. The Labute approximate surface area is 143 Å². The molecule has 0 spiro atoms. The quantitative estimate of drug-likeness (QED) is 0.478. The Morgan fingerprint density at radius 2 is 2.00 bits per heavy atom. The Balaban J connectivity index is 2.20. The van der Waals surface area contributed by atoms with Crippen LogP contribution in [-0.4, -0.2) is 28.5 Å². The van der Waals surface area contributed by atoms with Gasteiger partial charge in [-0.3, -0.25) is 5.43 Å². The van der Waals surface area contributed by atoms with Crippen LogP contribution in [0.25, 0.3) is 0 Å². The Morgan fingerprint density at radius 1 is 1.25 bits per heavy atom. The average Bonchev–Trinajstić information content (AvgIpc) is 2.51. The van der Waals surface area contributed by atoms with Gasteiger partial charge in [-0.15, -0.1) is 0 Å². The Bertz CT molecular complexity index is 733. The number of alkyl halides is 2. The molecule has 0 atom stereocenters. The number of aromatic nitrogens is 2. The molecule has 0 aliphatic heterocycles. The van der Waals surface area contributed by atoms with E-state index in [-0.39, 0.29) is 0 Å². The standard InChI is InChI=1S/C16H18F2N4OS/c1-9-7-15(20-11(3)19-9)22-21-10(2)12-5-6-14(24-16(17)18)13(8-12)23-4/h5-8,16H,1-4H3,(H,19,20,22)/b21-10+. The van der Waals surface area contributed by atoms with Crippen molar-refractivity contribution in [1.29, 1.82) is 0 Å². The Kier molecular flexibility index (Phi) is 6.08. The van der Waals surface area contributed by atoms with E-state index in [2.05, 4.69) is 20.5 Å². The molecule has 0 radical (unpaired) electrons. The maximum absolute atomic E-state index is 12.5. The lowest BCUT2D eigenvalue weighted by atomic mass is 10.1. The fourth-order valence-electron chi connectivity index (χ4n) is 2.07. The lowest BCUT2D eigenvalue weighted by molar-refractivity contribution is 0.251. The largest absolute Gasteiger partial charge is 0.496 e. The molecule has 0 unspecified atom stereocenters. The van der Waals surface area contributed by atoms with Crippen molar-refractivity contribution in [3.63, 3.8) is 0 Å². The zero-order valence-electron chi connectivity index (χ0n) is 13.8. The third-order valence-corrected chi connectivity index (χ3v) is 3.87. The van der Waals surface area contributed by atoms with Gasteiger partial charge in [0.2, 0.25) is 0 Å². The van der Waals surface area contributed by atoms with Crippen molar-refractivity contribution in [2.75, 3.05) is 12.5 Å². The average molecular weight is 352 g/mol. The number of ether oxygens (including phenoxy) is 1. The van der Waals surface area contributed by atoms with Crippen molar-refractivity contribution in [2.24, 2.45) is 5.10 Å². The molecule has 0 saturated heterocycles. The molecule has 0 fully saturated rings. The van der Waals surface area contributed by atoms with Crippen LogP contribution in [0.1, 0.15) is 24.0 Å². The van der Waals surface area contributed by atoms with Crippen LogP contribution in [0, 0.1) is 13.8 Å². The van der Waals surface area contributed by atoms with Gasteiger partial charge < -0.3 is 4.74 Å². The number of nitrogens with zero attached hydrogens (tertiary/aromatic N) is 3. The molecule has 1 aromatic carbocycles. The topological polar surface area (TPSA) is 59.4 Å². The highest BCUT2D eigenvalue weighted by Gasteiger charge is 2.12. The van der Waals surface area contributed by atoms with Crippen molar-refractivity contribution in [1.82, 2.24) is 9.97 Å². The van der Waals surface area contributed by atoms with E-state index in [1.165, 1.54) is 7.11 Å². The first-order chi connectivity index (χ1) is 11.4. The summed E-state index contributed by atoms with van der Waals surface area (Å²) in [5.74, 6) is -0.858. The summed E-state index contributed by atoms with van der Waals surface area (Å²) in [5, 5.41) is 4.28. The second-order valence-electron chi connectivity index (χ2n) is 4.99. The third-order valence-electron chi connectivity index (χ3n) is 3.10. The number of hydrazone groups is 1. The molecule has 0 aliphatic rings. The zero-order chi connectivity index (χ0) is 17.7. The Hall–Kier alpha value is -2.22. The number of halogens is 2. The predicted octanol–water partition coefficient (Wildman–Crippen LogP) is 4.25. The summed E-state index contributed by atoms with van der Waals surface area (Å²) in [4.78, 5) is 8.82. The van der Waals surface area contributed by atoms with Gasteiger partial charge in [0.25, 0.3) is 5.76 Å². The number of aryl methyl sites for hydroxylation is 2. The van der Waals surface area contributed by atoms with Crippen molar-refractivity contribution in [3.8, 4) is 5.75 Å². The number of rotatable bonds is 6. The minimum atomic E-state index is -2.49. The highest BCUT2D eigenvalue weighted by atomic mass is 32.2. The van der Waals surface area contributed by atoms with Crippen molar-refractivity contribution < 1.29 is 13.5 Å². The van der Waals surface area contributed by atoms with Gasteiger partial charge in [-0.25, -0.2) is 9.97 Å². The van der Waals surface area contributed by atoms with Crippen molar-refractivity contribution >= 4 is 23.3 Å². The van der Waals surface area contributed by atoms with Crippen molar-refractivity contribution in [2.45, 2.75) is 31.4 Å². The van der Waals surface area contributed by atoms with E-state index >= 15 is 0 Å². The molecule has 0 saturated carbocycles. The predicted molar refractivity (Wildman–Crippen MR) is 92.2 cm³/mol. The van der Waals surface area contributed by atoms with Crippen LogP contribution in [0.3, 0.4) is 0 Å². The molecule has 128 valence electrons. The summed E-state index contributed by atoms with van der Waals surface area (Å²) in [6, 6.07) is 6.79. The zero-order valence-corrected chi connectivity index (χ0v) is 14.6.